The third-order valence-electron chi connectivity index (χ3n) is 2.15. The Morgan fingerprint density at radius 2 is 2.17 bits per heavy atom. The molecule has 0 aliphatic carbocycles. The van der Waals surface area contributed by atoms with Crippen LogP contribution in [0.25, 0.3) is 0 Å². The van der Waals surface area contributed by atoms with Gasteiger partial charge in [-0.3, -0.25) is 4.79 Å². The summed E-state index contributed by atoms with van der Waals surface area (Å²) in [4.78, 5) is 28.8. The van der Waals surface area contributed by atoms with Crippen molar-refractivity contribution >= 4 is 40.2 Å². The van der Waals surface area contributed by atoms with Crippen molar-refractivity contribution in [1.29, 1.82) is 0 Å². The monoisotopic (exact) mass is 357 g/mol. The number of carboxylic acids is 1. The number of aromatic carboxylic acids is 1. The number of amides is 1. The summed E-state index contributed by atoms with van der Waals surface area (Å²) in [6.07, 6.45) is 1.17. The molecule has 0 saturated heterocycles. The van der Waals surface area contributed by atoms with Crippen LogP contribution in [0.4, 0.5) is 5.69 Å². The van der Waals surface area contributed by atoms with Gasteiger partial charge in [-0.15, -0.1) is 0 Å². The number of imidazole rings is 1. The third-order valence-corrected chi connectivity index (χ3v) is 2.82. The van der Waals surface area contributed by atoms with Crippen molar-refractivity contribution in [2.45, 2.75) is 0 Å². The number of nitrogens with zero attached hydrogens (tertiary/aromatic N) is 1. The number of carboxylic acid groups (broad SMARTS) is 1. The van der Waals surface area contributed by atoms with Gasteiger partial charge in [0.25, 0.3) is 5.91 Å². The van der Waals surface area contributed by atoms with E-state index in [9.17, 15) is 9.59 Å². The highest BCUT2D eigenvalue weighted by Gasteiger charge is 2.19. The minimum atomic E-state index is -1.22. The Kier molecular flexibility index (Phi) is 3.60. The molecule has 0 atom stereocenters. The number of halogens is 1. The third kappa shape index (κ3) is 2.67. The van der Waals surface area contributed by atoms with Gasteiger partial charge in [0.1, 0.15) is 0 Å². The first-order valence-corrected chi connectivity index (χ1v) is 5.99. The van der Waals surface area contributed by atoms with Crippen LogP contribution in [0.15, 0.2) is 30.6 Å². The minimum absolute atomic E-state index is 0.138. The number of hydrogen-bond acceptors (Lipinski definition) is 3. The van der Waals surface area contributed by atoms with Crippen molar-refractivity contribution in [1.82, 2.24) is 9.97 Å². The molecule has 1 heterocycles. The van der Waals surface area contributed by atoms with E-state index >= 15 is 0 Å². The quantitative estimate of drug-likeness (QED) is 0.732. The number of carbonyl (C=O) groups is 2. The van der Waals surface area contributed by atoms with Gasteiger partial charge >= 0.3 is 5.97 Å². The van der Waals surface area contributed by atoms with E-state index in [1.165, 1.54) is 6.33 Å². The number of aromatic amines is 1. The van der Waals surface area contributed by atoms with Gasteiger partial charge in [0, 0.05) is 9.26 Å². The van der Waals surface area contributed by atoms with Crippen LogP contribution in [0.2, 0.25) is 0 Å². The Hall–Kier alpha value is -1.90. The maximum atomic E-state index is 11.9. The highest BCUT2D eigenvalue weighted by molar-refractivity contribution is 14.1. The summed E-state index contributed by atoms with van der Waals surface area (Å²) >= 11 is 2.12. The topological polar surface area (TPSA) is 95.1 Å². The Morgan fingerprint density at radius 1 is 1.39 bits per heavy atom. The maximum absolute atomic E-state index is 11.9. The second-order valence-electron chi connectivity index (χ2n) is 3.40. The first kappa shape index (κ1) is 12.6. The lowest BCUT2D eigenvalue weighted by atomic mass is 10.2. The molecule has 92 valence electrons. The molecule has 2 rings (SSSR count). The molecular weight excluding hydrogens is 349 g/mol. The summed E-state index contributed by atoms with van der Waals surface area (Å²) in [7, 11) is 0. The van der Waals surface area contributed by atoms with E-state index in [4.69, 9.17) is 5.11 Å². The molecule has 0 saturated carbocycles. The molecule has 6 nitrogen and oxygen atoms in total. The largest absolute Gasteiger partial charge is 0.477 e. The summed E-state index contributed by atoms with van der Waals surface area (Å²) in [5, 5.41) is 11.5. The van der Waals surface area contributed by atoms with Gasteiger partial charge in [-0.25, -0.2) is 9.78 Å². The smallest absolute Gasteiger partial charge is 0.354 e. The highest BCUT2D eigenvalue weighted by atomic mass is 127. The molecule has 2 aromatic rings. The van der Waals surface area contributed by atoms with Crippen molar-refractivity contribution in [2.75, 3.05) is 5.32 Å². The molecule has 1 amide bonds. The van der Waals surface area contributed by atoms with Crippen molar-refractivity contribution < 1.29 is 14.7 Å². The van der Waals surface area contributed by atoms with Gasteiger partial charge in [0.15, 0.2) is 11.4 Å². The summed E-state index contributed by atoms with van der Waals surface area (Å²) in [6, 6.07) is 7.16. The number of anilines is 1. The molecule has 0 fully saturated rings. The SMILES string of the molecule is O=C(Nc1cccc(I)c1)c1nc[nH]c1C(=O)O. The van der Waals surface area contributed by atoms with E-state index in [2.05, 4.69) is 37.9 Å². The van der Waals surface area contributed by atoms with Crippen LogP contribution < -0.4 is 5.32 Å². The van der Waals surface area contributed by atoms with Gasteiger partial charge in [-0.05, 0) is 40.8 Å². The molecule has 0 spiro atoms. The zero-order valence-corrected chi connectivity index (χ0v) is 11.1. The van der Waals surface area contributed by atoms with Gasteiger partial charge in [-0.2, -0.15) is 0 Å². The molecule has 3 N–H and O–H groups in total. The lowest BCUT2D eigenvalue weighted by Crippen LogP contribution is -2.16. The fourth-order valence-electron chi connectivity index (χ4n) is 1.39. The molecule has 0 aliphatic rings. The molecule has 0 aliphatic heterocycles. The van der Waals surface area contributed by atoms with E-state index in [1.807, 2.05) is 6.07 Å². The number of H-pyrrole nitrogens is 1. The first-order valence-electron chi connectivity index (χ1n) is 4.91. The average molecular weight is 357 g/mol. The van der Waals surface area contributed by atoms with E-state index < -0.39 is 11.9 Å². The first-order chi connectivity index (χ1) is 8.58. The Labute approximate surface area is 116 Å². The Bertz CT molecular complexity index is 609. The number of benzene rings is 1. The predicted octanol–water partition coefficient (Wildman–Crippen LogP) is 1.96. The minimum Gasteiger partial charge on any atom is -0.477 e. The lowest BCUT2D eigenvalue weighted by molar-refractivity contribution is 0.0686. The molecule has 0 bridgehead atoms. The van der Waals surface area contributed by atoms with Crippen molar-refractivity contribution in [2.24, 2.45) is 0 Å². The Morgan fingerprint density at radius 3 is 2.83 bits per heavy atom. The second kappa shape index (κ2) is 5.17. The van der Waals surface area contributed by atoms with Gasteiger partial charge in [0.2, 0.25) is 0 Å². The van der Waals surface area contributed by atoms with Gasteiger partial charge in [0.05, 0.1) is 6.33 Å². The Balaban J connectivity index is 2.22. The van der Waals surface area contributed by atoms with E-state index in [0.717, 1.165) is 3.57 Å². The lowest BCUT2D eigenvalue weighted by Gasteiger charge is -2.04. The molecular formula is C11H8IN3O3. The van der Waals surface area contributed by atoms with Crippen LogP contribution in [0.3, 0.4) is 0 Å². The van der Waals surface area contributed by atoms with E-state index in [-0.39, 0.29) is 11.4 Å². The van der Waals surface area contributed by atoms with E-state index in [1.54, 1.807) is 18.2 Å². The van der Waals surface area contributed by atoms with Crippen molar-refractivity contribution in [3.63, 3.8) is 0 Å². The molecule has 18 heavy (non-hydrogen) atoms. The molecule has 0 radical (unpaired) electrons. The summed E-state index contributed by atoms with van der Waals surface area (Å²) < 4.78 is 0.964. The van der Waals surface area contributed by atoms with Crippen LogP contribution >= 0.6 is 22.6 Å². The highest BCUT2D eigenvalue weighted by Crippen LogP contribution is 2.14. The fraction of sp³-hybridized carbons (Fsp3) is 0. The zero-order chi connectivity index (χ0) is 13.1. The van der Waals surface area contributed by atoms with Crippen LogP contribution in [-0.2, 0) is 0 Å². The van der Waals surface area contributed by atoms with Crippen LogP contribution in [0, 0.1) is 3.57 Å². The van der Waals surface area contributed by atoms with Gasteiger partial charge in [-0.1, -0.05) is 6.07 Å². The van der Waals surface area contributed by atoms with Crippen LogP contribution in [0.1, 0.15) is 21.0 Å². The number of carbonyl (C=O) groups excluding carboxylic acids is 1. The second-order valence-corrected chi connectivity index (χ2v) is 4.64. The fourth-order valence-corrected chi connectivity index (χ4v) is 1.93. The summed E-state index contributed by atoms with van der Waals surface area (Å²) in [6.45, 7) is 0. The average Bonchev–Trinajstić information content (AvgIpc) is 2.77. The van der Waals surface area contributed by atoms with Crippen LogP contribution in [-0.4, -0.2) is 27.0 Å². The molecule has 1 aromatic carbocycles. The van der Waals surface area contributed by atoms with Gasteiger partial charge < -0.3 is 15.4 Å². The van der Waals surface area contributed by atoms with Crippen LogP contribution in [0.5, 0.6) is 0 Å². The number of nitrogens with one attached hydrogen (secondary N) is 2. The van der Waals surface area contributed by atoms with E-state index in [0.29, 0.717) is 5.69 Å². The number of aromatic nitrogens is 2. The summed E-state index contributed by atoms with van der Waals surface area (Å²) in [5.41, 5.74) is 0.228. The molecule has 1 aromatic heterocycles. The standard InChI is InChI=1S/C11H8IN3O3/c12-6-2-1-3-7(4-6)15-10(16)8-9(11(17)18)14-5-13-8/h1-5H,(H,13,14)(H,15,16)(H,17,18). The predicted molar refractivity (Wildman–Crippen MR) is 72.7 cm³/mol. The number of rotatable bonds is 3. The summed E-state index contributed by atoms with van der Waals surface area (Å²) in [5.74, 6) is -1.78. The normalized spacial score (nSPS) is 10.1. The zero-order valence-electron chi connectivity index (χ0n) is 8.98. The number of hydrogen-bond donors (Lipinski definition) is 3. The van der Waals surface area contributed by atoms with Crippen molar-refractivity contribution in [3.8, 4) is 0 Å². The molecule has 0 unspecified atom stereocenters. The van der Waals surface area contributed by atoms with Crippen molar-refractivity contribution in [3.05, 3.63) is 45.6 Å². The molecule has 7 heteroatoms. The maximum Gasteiger partial charge on any atom is 0.354 e.